The average Bonchev–Trinajstić information content (AvgIpc) is 4.28. The van der Waals surface area contributed by atoms with Crippen molar-refractivity contribution in [3.8, 4) is 0 Å². The molecule has 0 radical (unpaired) electrons. The van der Waals surface area contributed by atoms with E-state index in [9.17, 15) is 30.3 Å². The van der Waals surface area contributed by atoms with E-state index in [1.807, 2.05) is 19.9 Å². The summed E-state index contributed by atoms with van der Waals surface area (Å²) >= 11 is 0. The Balaban J connectivity index is 1.37. The summed E-state index contributed by atoms with van der Waals surface area (Å²) < 4.78 is 17.8. The van der Waals surface area contributed by atoms with E-state index in [1.165, 1.54) is 161 Å². The number of ether oxygens (including phenoxy) is 3. The number of hydrogen-bond donors (Lipinski definition) is 6. The molecule has 10 nitrogen and oxygen atoms in total. The van der Waals surface area contributed by atoms with Crippen LogP contribution < -0.4 is 5.32 Å². The molecule has 0 aromatic rings. The van der Waals surface area contributed by atoms with Crippen LogP contribution in [0.25, 0.3) is 0 Å². The van der Waals surface area contributed by atoms with Crippen molar-refractivity contribution in [3.05, 3.63) is 36.0 Å². The maximum absolute atomic E-state index is 13.4. The molecule has 0 unspecified atom stereocenters. The van der Waals surface area contributed by atoms with Gasteiger partial charge in [0, 0.05) is 0 Å². The van der Waals surface area contributed by atoms with Gasteiger partial charge in [-0.2, -0.15) is 0 Å². The van der Waals surface area contributed by atoms with Gasteiger partial charge < -0.3 is 45.1 Å². The number of carbonyl (C=O) groups excluding carboxylic acids is 1. The molecule has 1 aliphatic heterocycles. The van der Waals surface area contributed by atoms with E-state index in [2.05, 4.69) is 43.5 Å². The minimum atomic E-state index is -1.40. The number of aliphatic hydroxyl groups is 5. The second kappa shape index (κ2) is 38.9. The highest BCUT2D eigenvalue weighted by atomic mass is 16.7. The van der Waals surface area contributed by atoms with Crippen LogP contribution in [0.5, 0.6) is 0 Å². The molecular weight excluding hydrogens is 867 g/mol. The van der Waals surface area contributed by atoms with Gasteiger partial charge in [0.2, 0.25) is 5.91 Å². The van der Waals surface area contributed by atoms with Crippen LogP contribution in [0.15, 0.2) is 36.0 Å². The first-order chi connectivity index (χ1) is 33.6. The molecule has 3 rings (SSSR count). The molecule has 2 saturated carbocycles. The summed E-state index contributed by atoms with van der Waals surface area (Å²) in [5, 5.41) is 56.6. The molecular formula is C59H107NO9. The Hall–Kier alpha value is -1.63. The van der Waals surface area contributed by atoms with Crippen LogP contribution in [0, 0.1) is 23.7 Å². The lowest BCUT2D eigenvalue weighted by molar-refractivity contribution is -0.310. The average molecular weight is 975 g/mol. The molecule has 402 valence electrons. The molecule has 1 saturated heterocycles. The highest BCUT2D eigenvalue weighted by Gasteiger charge is 2.46. The van der Waals surface area contributed by atoms with Gasteiger partial charge in [-0.3, -0.25) is 4.79 Å². The van der Waals surface area contributed by atoms with E-state index in [4.69, 9.17) is 14.2 Å². The fraction of sp³-hybridized carbons (Fsp3) is 0.881. The molecule has 0 aromatic heterocycles. The third kappa shape index (κ3) is 28.4. The molecule has 12 atom stereocenters. The van der Waals surface area contributed by atoms with Crippen LogP contribution in [0.3, 0.4) is 0 Å². The van der Waals surface area contributed by atoms with E-state index in [-0.39, 0.29) is 19.6 Å². The van der Waals surface area contributed by atoms with Crippen LogP contribution in [-0.2, 0) is 19.0 Å². The fourth-order valence-electron chi connectivity index (χ4n) is 10.4. The van der Waals surface area contributed by atoms with Gasteiger partial charge in [-0.25, -0.2) is 0 Å². The van der Waals surface area contributed by atoms with Gasteiger partial charge in [0.15, 0.2) is 6.29 Å². The Morgan fingerprint density at radius 2 is 1.07 bits per heavy atom. The lowest BCUT2D eigenvalue weighted by atomic mass is 9.99. The first kappa shape index (κ1) is 61.7. The molecule has 1 amide bonds. The number of nitrogens with one attached hydrogen (secondary N) is 1. The number of unbranched alkanes of at least 4 members (excludes halogenated alkanes) is 19. The largest absolute Gasteiger partial charge is 0.394 e. The van der Waals surface area contributed by atoms with Crippen molar-refractivity contribution in [1.29, 1.82) is 0 Å². The SMILES string of the molecule is CCCCCCCCCC[C@H]1C[C@@H]1CCCC/C=C\CCC[C@@H](O)[C@H](CO[C@@H]1O[C@H](CO)[C@H](O)[C@H](O)[C@H]1OCC=C(C)C)NC(=O)[C@H](O)CC/C=C\CCCC[C@H]1C[C@@H]1CCCCCCCCCC. The van der Waals surface area contributed by atoms with Crippen LogP contribution >= 0.6 is 0 Å². The Morgan fingerprint density at radius 1 is 0.609 bits per heavy atom. The zero-order chi connectivity index (χ0) is 49.9. The van der Waals surface area contributed by atoms with Crippen molar-refractivity contribution in [3.63, 3.8) is 0 Å². The zero-order valence-corrected chi connectivity index (χ0v) is 44.6. The number of rotatable bonds is 45. The van der Waals surface area contributed by atoms with E-state index in [0.29, 0.717) is 19.3 Å². The summed E-state index contributed by atoms with van der Waals surface area (Å²) in [6.45, 7) is 7.79. The molecule has 0 bridgehead atoms. The van der Waals surface area contributed by atoms with E-state index in [0.717, 1.165) is 54.9 Å². The third-order valence-electron chi connectivity index (χ3n) is 15.3. The molecule has 6 N–H and O–H groups in total. The molecule has 3 aliphatic rings. The lowest BCUT2D eigenvalue weighted by Crippen LogP contribution is -2.61. The van der Waals surface area contributed by atoms with Gasteiger partial charge >= 0.3 is 0 Å². The van der Waals surface area contributed by atoms with Gasteiger partial charge in [-0.1, -0.05) is 191 Å². The first-order valence-corrected chi connectivity index (χ1v) is 29.0. The molecule has 69 heavy (non-hydrogen) atoms. The predicted octanol–water partition coefficient (Wildman–Crippen LogP) is 12.5. The summed E-state index contributed by atoms with van der Waals surface area (Å²) in [6, 6.07) is -0.890. The normalized spacial score (nSPS) is 25.8. The highest BCUT2D eigenvalue weighted by Crippen LogP contribution is 2.46. The van der Waals surface area contributed by atoms with Gasteiger partial charge in [-0.15, -0.1) is 0 Å². The van der Waals surface area contributed by atoms with E-state index < -0.39 is 61.5 Å². The first-order valence-electron chi connectivity index (χ1n) is 29.0. The predicted molar refractivity (Wildman–Crippen MR) is 283 cm³/mol. The lowest BCUT2D eigenvalue weighted by Gasteiger charge is -2.42. The number of allylic oxidation sites excluding steroid dienone is 5. The summed E-state index contributed by atoms with van der Waals surface area (Å²) in [7, 11) is 0. The van der Waals surface area contributed by atoms with Crippen molar-refractivity contribution < 1.29 is 44.5 Å². The number of aliphatic hydroxyl groups excluding tert-OH is 5. The summed E-state index contributed by atoms with van der Waals surface area (Å²) in [5.41, 5.74) is 1.01. The number of hydrogen-bond acceptors (Lipinski definition) is 9. The van der Waals surface area contributed by atoms with Gasteiger partial charge in [0.05, 0.1) is 32.0 Å². The Bertz CT molecular complexity index is 1350. The molecule has 10 heteroatoms. The number of amides is 1. The van der Waals surface area contributed by atoms with Crippen molar-refractivity contribution in [1.82, 2.24) is 5.32 Å². The molecule has 3 fully saturated rings. The van der Waals surface area contributed by atoms with Crippen LogP contribution in [0.2, 0.25) is 0 Å². The highest BCUT2D eigenvalue weighted by molar-refractivity contribution is 5.80. The van der Waals surface area contributed by atoms with Gasteiger partial charge in [-0.05, 0) is 108 Å². The summed E-state index contributed by atoms with van der Waals surface area (Å²) in [5.74, 6) is 3.24. The van der Waals surface area contributed by atoms with Crippen molar-refractivity contribution >= 4 is 5.91 Å². The quantitative estimate of drug-likeness (QED) is 0.0258. The van der Waals surface area contributed by atoms with Crippen molar-refractivity contribution in [2.24, 2.45) is 23.7 Å². The maximum atomic E-state index is 13.4. The standard InChI is InChI=1S/C59H107NO9/c1-5-7-9-11-13-16-22-28-34-47-42-49(47)36-30-24-18-15-19-26-32-38-52(62)51(45-68-59-57(67-41-40-46(3)4)56(65)55(64)54(44-61)69-59)60-58(66)53(63)39-33-27-21-20-25-31-37-50-43-48(50)35-29-23-17-14-12-10-8-6-2/h15,19,21,27,40,47-57,59,61-65H,5-14,16-18,20,22-26,28-39,41-45H2,1-4H3,(H,60,66)/b19-15-,27-21-/t47-,48-,49-,50-,51-,52+,53+,54+,55-,56-,57+,59+/m0/s1. The fourth-order valence-corrected chi connectivity index (χ4v) is 10.4. The van der Waals surface area contributed by atoms with Crippen LogP contribution in [0.1, 0.15) is 240 Å². The molecule has 2 aliphatic carbocycles. The zero-order valence-electron chi connectivity index (χ0n) is 44.6. The maximum Gasteiger partial charge on any atom is 0.249 e. The molecule has 1 heterocycles. The molecule has 0 aromatic carbocycles. The minimum Gasteiger partial charge on any atom is -0.394 e. The summed E-state index contributed by atoms with van der Waals surface area (Å²) in [6.07, 6.45) is 42.4. The monoisotopic (exact) mass is 974 g/mol. The van der Waals surface area contributed by atoms with Gasteiger partial charge in [0.1, 0.15) is 30.5 Å². The van der Waals surface area contributed by atoms with E-state index >= 15 is 0 Å². The van der Waals surface area contributed by atoms with Crippen molar-refractivity contribution in [2.45, 2.75) is 289 Å². The van der Waals surface area contributed by atoms with E-state index in [1.54, 1.807) is 0 Å². The van der Waals surface area contributed by atoms with Gasteiger partial charge in [0.25, 0.3) is 0 Å². The van der Waals surface area contributed by atoms with Crippen LogP contribution in [-0.4, -0.2) is 100 Å². The molecule has 0 spiro atoms. The Morgan fingerprint density at radius 3 is 1.57 bits per heavy atom. The third-order valence-corrected chi connectivity index (χ3v) is 15.3. The Labute approximate surface area is 422 Å². The smallest absolute Gasteiger partial charge is 0.249 e. The van der Waals surface area contributed by atoms with Crippen molar-refractivity contribution in [2.75, 3.05) is 19.8 Å². The Kier molecular flexibility index (Phi) is 34.8. The second-order valence-electron chi connectivity index (χ2n) is 21.9. The summed E-state index contributed by atoms with van der Waals surface area (Å²) in [4.78, 5) is 13.4. The topological polar surface area (TPSA) is 158 Å². The van der Waals surface area contributed by atoms with Crippen LogP contribution in [0.4, 0.5) is 0 Å². The number of carbonyl (C=O) groups is 1. The minimum absolute atomic E-state index is 0.140. The second-order valence-corrected chi connectivity index (χ2v) is 21.9.